The fourth-order valence-corrected chi connectivity index (χ4v) is 3.39. The SMILES string of the molecule is CCO.O=C([O-])CC(=O)CC(=O)c1ccccc1.O=C([O-])CC(=O)CC(=O)c1ccccc1.O=C([O-])CC(=O)CC(=O)c1ccccc1.[Ti+3]. The second-order valence-corrected chi connectivity index (χ2v) is 9.48. The van der Waals surface area contributed by atoms with Crippen molar-refractivity contribution in [2.45, 2.75) is 45.4 Å². The van der Waals surface area contributed by atoms with Crippen molar-refractivity contribution >= 4 is 52.6 Å². The maximum Gasteiger partial charge on any atom is 3.00 e. The average Bonchev–Trinajstić information content (AvgIpc) is 3.02. The van der Waals surface area contributed by atoms with Gasteiger partial charge >= 0.3 is 21.7 Å². The largest absolute Gasteiger partial charge is 3.00 e. The van der Waals surface area contributed by atoms with Gasteiger partial charge in [0.25, 0.3) is 0 Å². The number of ketones is 6. The second kappa shape index (κ2) is 26.8. The smallest absolute Gasteiger partial charge is 0.550 e. The molecular weight excluding hydrogens is 676 g/mol. The minimum Gasteiger partial charge on any atom is -0.550 e. The summed E-state index contributed by atoms with van der Waals surface area (Å²) < 4.78 is 0. The maximum absolute atomic E-state index is 11.4. The Hall–Kier alpha value is -5.24. The van der Waals surface area contributed by atoms with Crippen molar-refractivity contribution in [2.75, 3.05) is 6.61 Å². The van der Waals surface area contributed by atoms with Gasteiger partial charge in [0.2, 0.25) is 0 Å². The summed E-state index contributed by atoms with van der Waals surface area (Å²) in [6.07, 6.45) is -3.30. The first-order chi connectivity index (χ1) is 22.7. The van der Waals surface area contributed by atoms with E-state index in [-0.39, 0.29) is 45.7 Å². The zero-order chi connectivity index (χ0) is 36.5. The number of rotatable bonds is 15. The Morgan fingerprint density at radius 3 is 0.776 bits per heavy atom. The molecule has 0 aliphatic heterocycles. The number of carbonyl (C=O) groups excluding carboxylic acids is 9. The number of hydrogen-bond acceptors (Lipinski definition) is 13. The molecule has 49 heavy (non-hydrogen) atoms. The predicted molar refractivity (Wildman–Crippen MR) is 163 cm³/mol. The summed E-state index contributed by atoms with van der Waals surface area (Å²) in [5.74, 6) is -7.40. The van der Waals surface area contributed by atoms with Gasteiger partial charge in [-0.05, 0) is 6.92 Å². The minimum absolute atomic E-state index is 0. The Balaban J connectivity index is 0. The van der Waals surface area contributed by atoms with E-state index < -0.39 is 73.8 Å². The molecule has 0 fully saturated rings. The Morgan fingerprint density at radius 1 is 0.429 bits per heavy atom. The molecule has 0 amide bonds. The standard InChI is InChI=1S/3C11H10O4.C2H6O.Ti/c3*12-9(7-11(14)15)6-10(13)8-4-2-1-3-5-8;1-2-3;/h3*1-5H,6-7H2,(H,14,15);3H,2H2,1H3;/q;;;;+3/p-3. The molecule has 0 saturated heterocycles. The molecule has 0 bridgehead atoms. The van der Waals surface area contributed by atoms with Gasteiger partial charge in [0, 0.05) is 60.5 Å². The van der Waals surface area contributed by atoms with Crippen molar-refractivity contribution in [3.8, 4) is 0 Å². The number of Topliss-reactive ketones (excluding diaryl/α,β-unsaturated/α-hetero) is 6. The third-order valence-electron chi connectivity index (χ3n) is 5.38. The van der Waals surface area contributed by atoms with Gasteiger partial charge in [-0.1, -0.05) is 91.0 Å². The zero-order valence-electron chi connectivity index (χ0n) is 26.5. The average molecular weight is 710 g/mol. The van der Waals surface area contributed by atoms with Crippen molar-refractivity contribution < 1.29 is 85.3 Å². The zero-order valence-corrected chi connectivity index (χ0v) is 28.0. The summed E-state index contributed by atoms with van der Waals surface area (Å²) in [7, 11) is 0. The van der Waals surface area contributed by atoms with E-state index in [1.807, 2.05) is 0 Å². The summed E-state index contributed by atoms with van der Waals surface area (Å²) in [6.45, 7) is 1.93. The maximum atomic E-state index is 11.4. The molecule has 3 rings (SSSR count). The van der Waals surface area contributed by atoms with Crippen LogP contribution < -0.4 is 15.3 Å². The van der Waals surface area contributed by atoms with Crippen LogP contribution in [0.4, 0.5) is 0 Å². The van der Waals surface area contributed by atoms with Gasteiger partial charge in [0.05, 0.1) is 19.3 Å². The number of aliphatic hydroxyl groups excluding tert-OH is 1. The molecule has 0 aliphatic rings. The Bertz CT molecular complexity index is 1350. The molecule has 0 aliphatic carbocycles. The van der Waals surface area contributed by atoms with Crippen LogP contribution in [-0.2, 0) is 50.5 Å². The molecule has 14 heteroatoms. The van der Waals surface area contributed by atoms with Gasteiger partial charge in [-0.3, -0.25) is 28.8 Å². The van der Waals surface area contributed by atoms with Crippen LogP contribution in [0, 0.1) is 0 Å². The molecule has 13 nitrogen and oxygen atoms in total. The molecule has 0 spiro atoms. The Kier molecular flexibility index (Phi) is 25.1. The van der Waals surface area contributed by atoms with Gasteiger partial charge in [-0.2, -0.15) is 0 Å². The Labute approximate surface area is 296 Å². The number of carboxylic acids is 3. The van der Waals surface area contributed by atoms with Crippen LogP contribution in [0.15, 0.2) is 91.0 Å². The molecule has 3 aromatic rings. The molecule has 255 valence electrons. The predicted octanol–water partition coefficient (Wildman–Crippen LogP) is -0.0984. The van der Waals surface area contributed by atoms with Crippen molar-refractivity contribution in [2.24, 2.45) is 0 Å². The number of carboxylic acid groups (broad SMARTS) is 3. The third-order valence-corrected chi connectivity index (χ3v) is 5.38. The molecule has 1 radical (unpaired) electrons. The van der Waals surface area contributed by atoms with Crippen molar-refractivity contribution in [1.82, 2.24) is 0 Å². The fraction of sp³-hybridized carbons (Fsp3) is 0.229. The van der Waals surface area contributed by atoms with Crippen LogP contribution >= 0.6 is 0 Å². The molecular formula is C35H33O13Ti. The molecule has 1 N–H and O–H groups in total. The topological polar surface area (TPSA) is 243 Å². The summed E-state index contributed by atoms with van der Waals surface area (Å²) in [4.78, 5) is 97.4. The molecule has 0 heterocycles. The van der Waals surface area contributed by atoms with Crippen molar-refractivity contribution in [3.63, 3.8) is 0 Å². The first kappa shape index (κ1) is 45.9. The van der Waals surface area contributed by atoms with E-state index in [0.29, 0.717) is 16.7 Å². The molecule has 3 aromatic carbocycles. The van der Waals surface area contributed by atoms with E-state index in [1.165, 1.54) is 0 Å². The normalized spacial score (nSPS) is 9.18. The van der Waals surface area contributed by atoms with Gasteiger partial charge in [-0.25, -0.2) is 0 Å². The first-order valence-electron chi connectivity index (χ1n) is 14.2. The van der Waals surface area contributed by atoms with Crippen molar-refractivity contribution in [3.05, 3.63) is 108 Å². The monoisotopic (exact) mass is 709 g/mol. The summed E-state index contributed by atoms with van der Waals surface area (Å²) in [6, 6.07) is 24.8. The number of carbonyl (C=O) groups is 9. The van der Waals surface area contributed by atoms with Crippen LogP contribution in [0.25, 0.3) is 0 Å². The van der Waals surface area contributed by atoms with Crippen LogP contribution in [0.1, 0.15) is 76.5 Å². The van der Waals surface area contributed by atoms with Crippen LogP contribution in [0.5, 0.6) is 0 Å². The van der Waals surface area contributed by atoms with E-state index in [2.05, 4.69) is 0 Å². The third kappa shape index (κ3) is 23.7. The van der Waals surface area contributed by atoms with Crippen LogP contribution in [0.2, 0.25) is 0 Å². The Morgan fingerprint density at radius 2 is 0.612 bits per heavy atom. The van der Waals surface area contributed by atoms with Gasteiger partial charge < -0.3 is 34.8 Å². The number of hydrogen-bond donors (Lipinski definition) is 1. The second-order valence-electron chi connectivity index (χ2n) is 9.48. The summed E-state index contributed by atoms with van der Waals surface area (Å²) in [5, 5.41) is 37.8. The van der Waals surface area contributed by atoms with Gasteiger partial charge in [-0.15, -0.1) is 0 Å². The van der Waals surface area contributed by atoms with Gasteiger partial charge in [0.15, 0.2) is 17.3 Å². The number of aliphatic hydroxyl groups is 1. The van der Waals surface area contributed by atoms with E-state index in [9.17, 15) is 58.5 Å². The van der Waals surface area contributed by atoms with E-state index in [0.717, 1.165) is 0 Å². The molecule has 0 unspecified atom stereocenters. The van der Waals surface area contributed by atoms with E-state index in [4.69, 9.17) is 5.11 Å². The van der Waals surface area contributed by atoms with Crippen LogP contribution in [-0.4, -0.2) is 64.3 Å². The van der Waals surface area contributed by atoms with Crippen LogP contribution in [0.3, 0.4) is 0 Å². The minimum atomic E-state index is -1.46. The van der Waals surface area contributed by atoms with Gasteiger partial charge in [0.1, 0.15) is 17.3 Å². The van der Waals surface area contributed by atoms with Crippen molar-refractivity contribution in [1.29, 1.82) is 0 Å². The molecule has 0 aromatic heterocycles. The van der Waals surface area contributed by atoms with E-state index in [1.54, 1.807) is 97.9 Å². The number of aliphatic carboxylic acids is 3. The fourth-order valence-electron chi connectivity index (χ4n) is 3.39. The molecule has 0 atom stereocenters. The first-order valence-corrected chi connectivity index (χ1v) is 14.2. The number of benzene rings is 3. The van der Waals surface area contributed by atoms with E-state index >= 15 is 0 Å². The molecule has 0 saturated carbocycles. The quantitative estimate of drug-likeness (QED) is 0.123. The summed E-state index contributed by atoms with van der Waals surface area (Å²) in [5.41, 5.74) is 1.22. The summed E-state index contributed by atoms with van der Waals surface area (Å²) >= 11 is 0.